The maximum atomic E-state index is 13.0. The molecule has 4 bridgehead atoms. The minimum Gasteiger partial charge on any atom is -0.354 e. The van der Waals surface area contributed by atoms with Gasteiger partial charge in [-0.05, 0) is 75.5 Å². The summed E-state index contributed by atoms with van der Waals surface area (Å²) in [7, 11) is 0. The molecule has 4 nitrogen and oxygen atoms in total. The molecule has 4 aliphatic rings. The van der Waals surface area contributed by atoms with Crippen molar-refractivity contribution in [3.05, 3.63) is 16.4 Å². The molecule has 0 spiro atoms. The highest BCUT2D eigenvalue weighted by Crippen LogP contribution is 2.59. The van der Waals surface area contributed by atoms with Gasteiger partial charge in [-0.1, -0.05) is 11.6 Å². The fourth-order valence-electron chi connectivity index (χ4n) is 6.10. The smallest absolute Gasteiger partial charge is 0.354 e. The Hall–Kier alpha value is -1.24. The third-order valence-corrected chi connectivity index (χ3v) is 7.35. The number of nitrogens with zero attached hydrogens (tertiary/aromatic N) is 2. The summed E-state index contributed by atoms with van der Waals surface area (Å²) in [5, 5.41) is 6.14. The molecule has 1 N–H and O–H groups in total. The number of amides is 1. The molecule has 150 valence electrons. The van der Waals surface area contributed by atoms with Crippen LogP contribution in [0.1, 0.15) is 62.9 Å². The number of rotatable bonds is 4. The molecule has 1 amide bonds. The van der Waals surface area contributed by atoms with E-state index in [0.717, 1.165) is 22.4 Å². The van der Waals surface area contributed by atoms with Crippen LogP contribution in [-0.2, 0) is 11.0 Å². The van der Waals surface area contributed by atoms with E-state index in [-0.39, 0.29) is 17.0 Å². The Kier molecular flexibility index (Phi) is 4.52. The molecule has 1 aromatic heterocycles. The van der Waals surface area contributed by atoms with Crippen molar-refractivity contribution < 1.29 is 18.0 Å². The van der Waals surface area contributed by atoms with Gasteiger partial charge in [-0.25, -0.2) is 0 Å². The number of hydrogen-bond donors (Lipinski definition) is 1. The number of nitrogens with one attached hydrogen (secondary N) is 1. The van der Waals surface area contributed by atoms with Crippen molar-refractivity contribution in [2.75, 3.05) is 6.54 Å². The van der Waals surface area contributed by atoms with Crippen LogP contribution in [-0.4, -0.2) is 22.2 Å². The van der Waals surface area contributed by atoms with E-state index < -0.39 is 22.9 Å². The lowest BCUT2D eigenvalue weighted by molar-refractivity contribution is -0.142. The normalized spacial score (nSPS) is 33.3. The summed E-state index contributed by atoms with van der Waals surface area (Å²) >= 11 is 5.80. The fraction of sp³-hybridized carbons (Fsp3) is 0.789. The summed E-state index contributed by atoms with van der Waals surface area (Å²) < 4.78 is 40.1. The second-order valence-electron chi connectivity index (χ2n) is 9.00. The molecule has 0 saturated heterocycles. The lowest BCUT2D eigenvalue weighted by atomic mass is 9.49. The summed E-state index contributed by atoms with van der Waals surface area (Å²) in [5.74, 6) is 2.05. The molecule has 1 atom stereocenters. The highest BCUT2D eigenvalue weighted by atomic mass is 35.5. The van der Waals surface area contributed by atoms with Crippen LogP contribution in [0.2, 0.25) is 5.02 Å². The van der Waals surface area contributed by atoms with E-state index in [9.17, 15) is 18.0 Å². The molecule has 5 rings (SSSR count). The monoisotopic (exact) mass is 403 g/mol. The average Bonchev–Trinajstić information content (AvgIpc) is 2.86. The Morgan fingerprint density at radius 2 is 1.78 bits per heavy atom. The van der Waals surface area contributed by atoms with Crippen molar-refractivity contribution >= 4 is 17.5 Å². The largest absolute Gasteiger partial charge is 0.436 e. The summed E-state index contributed by atoms with van der Waals surface area (Å²) in [6.45, 7) is 3.62. The third kappa shape index (κ3) is 3.36. The second kappa shape index (κ2) is 6.39. The van der Waals surface area contributed by atoms with Gasteiger partial charge in [0.05, 0.1) is 10.7 Å². The van der Waals surface area contributed by atoms with E-state index in [1.54, 1.807) is 6.92 Å². The van der Waals surface area contributed by atoms with E-state index in [4.69, 9.17) is 11.6 Å². The van der Waals surface area contributed by atoms with E-state index >= 15 is 0 Å². The molecule has 4 saturated carbocycles. The fourth-order valence-corrected chi connectivity index (χ4v) is 6.33. The van der Waals surface area contributed by atoms with Crippen LogP contribution >= 0.6 is 11.6 Å². The first-order valence-electron chi connectivity index (χ1n) is 9.67. The van der Waals surface area contributed by atoms with E-state index in [1.165, 1.54) is 45.4 Å². The number of hydrogen-bond acceptors (Lipinski definition) is 2. The molecule has 0 radical (unpaired) electrons. The number of carbonyl (C=O) groups is 1. The maximum Gasteiger partial charge on any atom is 0.436 e. The molecule has 8 heteroatoms. The van der Waals surface area contributed by atoms with Crippen molar-refractivity contribution in [2.45, 2.75) is 64.6 Å². The van der Waals surface area contributed by atoms with E-state index in [0.29, 0.717) is 6.54 Å². The predicted molar refractivity (Wildman–Crippen MR) is 95.3 cm³/mol. The van der Waals surface area contributed by atoms with Gasteiger partial charge in [-0.15, -0.1) is 0 Å². The molecule has 1 unspecified atom stereocenters. The van der Waals surface area contributed by atoms with Gasteiger partial charge in [0, 0.05) is 6.54 Å². The third-order valence-electron chi connectivity index (χ3n) is 6.89. The SMILES string of the molecule is Cc1c(Cl)c(C(F)(F)F)nn1C(C)C(=O)NCC12CC3CC(CC(C3)C1)C2. The van der Waals surface area contributed by atoms with Crippen molar-refractivity contribution in [2.24, 2.45) is 23.2 Å². The quantitative estimate of drug-likeness (QED) is 0.788. The first-order chi connectivity index (χ1) is 12.6. The van der Waals surface area contributed by atoms with Crippen LogP contribution in [0.3, 0.4) is 0 Å². The summed E-state index contributed by atoms with van der Waals surface area (Å²) in [4.78, 5) is 12.7. The van der Waals surface area contributed by atoms with Crippen molar-refractivity contribution in [3.63, 3.8) is 0 Å². The Balaban J connectivity index is 1.45. The van der Waals surface area contributed by atoms with Crippen LogP contribution in [0.5, 0.6) is 0 Å². The van der Waals surface area contributed by atoms with Crippen molar-refractivity contribution in [3.8, 4) is 0 Å². The molecule has 27 heavy (non-hydrogen) atoms. The van der Waals surface area contributed by atoms with Gasteiger partial charge in [-0.2, -0.15) is 18.3 Å². The van der Waals surface area contributed by atoms with Crippen LogP contribution < -0.4 is 5.32 Å². The predicted octanol–water partition coefficient (Wildman–Crippen LogP) is 4.76. The first-order valence-corrected chi connectivity index (χ1v) is 10.1. The van der Waals surface area contributed by atoms with Crippen LogP contribution in [0.15, 0.2) is 0 Å². The maximum absolute atomic E-state index is 13.0. The van der Waals surface area contributed by atoms with Crippen molar-refractivity contribution in [1.82, 2.24) is 15.1 Å². The zero-order valence-electron chi connectivity index (χ0n) is 15.6. The molecular formula is C19H25ClF3N3O. The van der Waals surface area contributed by atoms with Gasteiger partial charge >= 0.3 is 6.18 Å². The summed E-state index contributed by atoms with van der Waals surface area (Å²) in [6.07, 6.45) is 2.84. The van der Waals surface area contributed by atoms with Gasteiger partial charge in [0.2, 0.25) is 5.91 Å². The van der Waals surface area contributed by atoms with Gasteiger partial charge in [-0.3, -0.25) is 9.48 Å². The molecule has 0 aliphatic heterocycles. The standard InChI is InChI=1S/C19H25ClF3N3O/c1-10-15(20)16(19(21,22)23)25-26(10)11(2)17(27)24-9-18-6-12-3-13(7-18)5-14(4-12)8-18/h11-14H,3-9H2,1-2H3,(H,24,27). The molecule has 1 heterocycles. The van der Waals surface area contributed by atoms with Gasteiger partial charge in [0.15, 0.2) is 5.69 Å². The molecule has 4 aliphatic carbocycles. The van der Waals surface area contributed by atoms with Crippen LogP contribution in [0, 0.1) is 30.1 Å². The van der Waals surface area contributed by atoms with Crippen LogP contribution in [0.4, 0.5) is 13.2 Å². The number of carbonyl (C=O) groups excluding carboxylic acids is 1. The lowest BCUT2D eigenvalue weighted by Gasteiger charge is -2.57. The number of aromatic nitrogens is 2. The number of alkyl halides is 3. The zero-order chi connectivity index (χ0) is 19.6. The highest BCUT2D eigenvalue weighted by Gasteiger charge is 2.50. The van der Waals surface area contributed by atoms with Gasteiger partial charge in [0.25, 0.3) is 0 Å². The first kappa shape index (κ1) is 19.1. The molecule has 4 fully saturated rings. The number of halogens is 4. The van der Waals surface area contributed by atoms with E-state index in [2.05, 4.69) is 10.4 Å². The Morgan fingerprint density at radius 1 is 1.26 bits per heavy atom. The van der Waals surface area contributed by atoms with Crippen molar-refractivity contribution in [1.29, 1.82) is 0 Å². The lowest BCUT2D eigenvalue weighted by Crippen LogP contribution is -2.51. The Morgan fingerprint density at radius 3 is 2.22 bits per heavy atom. The average molecular weight is 404 g/mol. The molecular weight excluding hydrogens is 379 g/mol. The molecule has 0 aromatic carbocycles. The Labute approximate surface area is 161 Å². The summed E-state index contributed by atoms with van der Waals surface area (Å²) in [6, 6.07) is -0.840. The summed E-state index contributed by atoms with van der Waals surface area (Å²) in [5.41, 5.74) is -0.804. The topological polar surface area (TPSA) is 46.9 Å². The minimum atomic E-state index is -4.64. The highest BCUT2D eigenvalue weighted by molar-refractivity contribution is 6.32. The zero-order valence-corrected chi connectivity index (χ0v) is 16.3. The van der Waals surface area contributed by atoms with Gasteiger partial charge in [0.1, 0.15) is 6.04 Å². The minimum absolute atomic E-state index is 0.154. The second-order valence-corrected chi connectivity index (χ2v) is 9.38. The van der Waals surface area contributed by atoms with Gasteiger partial charge < -0.3 is 5.32 Å². The molecule has 1 aromatic rings. The van der Waals surface area contributed by atoms with Crippen LogP contribution in [0.25, 0.3) is 0 Å². The Bertz CT molecular complexity index is 723. The van der Waals surface area contributed by atoms with E-state index in [1.807, 2.05) is 0 Å².